The molecular weight excluding hydrogens is 629 g/mol. The van der Waals surface area contributed by atoms with Crippen LogP contribution >= 0.6 is 11.3 Å². The van der Waals surface area contributed by atoms with Gasteiger partial charge in [0, 0.05) is 24.4 Å². The van der Waals surface area contributed by atoms with Crippen LogP contribution in [0.5, 0.6) is 0 Å². The topological polar surface area (TPSA) is 101 Å². The van der Waals surface area contributed by atoms with Gasteiger partial charge >= 0.3 is 5.97 Å². The van der Waals surface area contributed by atoms with Gasteiger partial charge in [0.25, 0.3) is 0 Å². The molecule has 1 aliphatic rings. The summed E-state index contributed by atoms with van der Waals surface area (Å²) in [5, 5.41) is 5.57. The number of hydrogen-bond donors (Lipinski definition) is 1. The number of esters is 1. The smallest absolute Gasteiger partial charge is 0.357 e. The summed E-state index contributed by atoms with van der Waals surface area (Å²) in [5.41, 5.74) is 0.256. The number of thiazole rings is 1. The molecule has 0 radical (unpaired) electrons. The normalized spacial score (nSPS) is 18.6. The van der Waals surface area contributed by atoms with E-state index < -0.39 is 26.4 Å². The number of terminal acetylenes is 1. The van der Waals surface area contributed by atoms with Gasteiger partial charge in [-0.15, -0.1) is 23.7 Å². The highest BCUT2D eigenvalue weighted by Gasteiger charge is 2.43. The van der Waals surface area contributed by atoms with Crippen LogP contribution in [0.1, 0.15) is 121 Å². The van der Waals surface area contributed by atoms with Crippen molar-refractivity contribution in [3.05, 3.63) is 16.1 Å². The predicted octanol–water partition coefficient (Wildman–Crippen LogP) is 7.05. The van der Waals surface area contributed by atoms with E-state index in [1.54, 1.807) is 5.38 Å². The number of carbonyl (C=O) groups excluding carboxylic acids is 3. The third kappa shape index (κ3) is 11.4. The molecule has 9 nitrogen and oxygen atoms in total. The van der Waals surface area contributed by atoms with E-state index in [9.17, 15) is 14.4 Å². The molecule has 1 aromatic rings. The summed E-state index contributed by atoms with van der Waals surface area (Å²) < 4.78 is 12.0. The molecule has 2 rings (SSSR count). The Labute approximate surface area is 290 Å². The van der Waals surface area contributed by atoms with Gasteiger partial charge in [-0.25, -0.2) is 9.78 Å². The van der Waals surface area contributed by atoms with Crippen LogP contribution in [0.25, 0.3) is 0 Å². The van der Waals surface area contributed by atoms with E-state index in [1.807, 2.05) is 18.9 Å². The van der Waals surface area contributed by atoms with Crippen LogP contribution in [0, 0.1) is 24.2 Å². The molecule has 266 valence electrons. The van der Waals surface area contributed by atoms with Crippen molar-refractivity contribution in [2.24, 2.45) is 11.8 Å². The molecule has 2 heterocycles. The summed E-state index contributed by atoms with van der Waals surface area (Å²) in [5.74, 6) is 2.13. The second kappa shape index (κ2) is 18.5. The van der Waals surface area contributed by atoms with Crippen LogP contribution in [0.4, 0.5) is 0 Å². The molecule has 0 aliphatic carbocycles. The molecule has 5 atom stereocenters. The van der Waals surface area contributed by atoms with E-state index in [0.717, 1.165) is 45.1 Å². The summed E-state index contributed by atoms with van der Waals surface area (Å²) in [6, 6.07) is -1.10. The van der Waals surface area contributed by atoms with Gasteiger partial charge in [-0.05, 0) is 75.7 Å². The lowest BCUT2D eigenvalue weighted by molar-refractivity contribution is -0.142. The zero-order chi connectivity index (χ0) is 35.5. The van der Waals surface area contributed by atoms with Gasteiger partial charge in [-0.1, -0.05) is 61.3 Å². The van der Waals surface area contributed by atoms with Crippen molar-refractivity contribution in [3.8, 4) is 12.3 Å². The van der Waals surface area contributed by atoms with Gasteiger partial charge in [0.05, 0.1) is 19.3 Å². The minimum absolute atomic E-state index is 0.0535. The Morgan fingerprint density at radius 3 is 2.45 bits per heavy atom. The van der Waals surface area contributed by atoms with Crippen LogP contribution < -0.4 is 5.32 Å². The lowest BCUT2D eigenvalue weighted by Gasteiger charge is -2.43. The maximum atomic E-state index is 14.8. The second-order valence-electron chi connectivity index (χ2n) is 15.0. The Hall–Kier alpha value is -2.26. The number of aromatic nitrogens is 1. The third-order valence-corrected chi connectivity index (χ3v) is 15.6. The monoisotopic (exact) mass is 690 g/mol. The number of unbranched alkanes of at least 4 members (excludes halogenated alkanes) is 2. The van der Waals surface area contributed by atoms with Crippen LogP contribution in [0.15, 0.2) is 5.38 Å². The largest absolute Gasteiger partial charge is 0.464 e. The van der Waals surface area contributed by atoms with Crippen molar-refractivity contribution in [1.29, 1.82) is 0 Å². The number of rotatable bonds is 17. The summed E-state index contributed by atoms with van der Waals surface area (Å²) in [6.45, 7) is 20.8. The number of carbonyl (C=O) groups is 3. The quantitative estimate of drug-likeness (QED) is 0.0809. The van der Waals surface area contributed by atoms with Crippen LogP contribution in [-0.4, -0.2) is 86.3 Å². The summed E-state index contributed by atoms with van der Waals surface area (Å²) in [7, 11) is 1.03. The number of likely N-dealkylation sites (N-methyl/N-ethyl adjacent to an activating group) is 1. The van der Waals surface area contributed by atoms with E-state index in [2.05, 4.69) is 75.8 Å². The lowest BCUT2D eigenvalue weighted by Crippen LogP contribution is -2.59. The maximum absolute atomic E-state index is 14.8. The van der Waals surface area contributed by atoms with Crippen molar-refractivity contribution >= 4 is 37.4 Å². The third-order valence-electron chi connectivity index (χ3n) is 10.2. The van der Waals surface area contributed by atoms with E-state index >= 15 is 0 Å². The Balaban J connectivity index is 2.56. The molecule has 11 heteroatoms. The molecule has 47 heavy (non-hydrogen) atoms. The zero-order valence-electron chi connectivity index (χ0n) is 31.0. The number of hydrogen-bond acceptors (Lipinski definition) is 8. The molecule has 0 saturated carbocycles. The van der Waals surface area contributed by atoms with Crippen molar-refractivity contribution in [2.75, 3.05) is 27.2 Å². The standard InChI is InChI=1S/C36H62N4O5SSi/c1-13-15-16-18-22-40(34(42)31(26(5)14-2)38-32(41)28-20-17-19-21-39(28)9)29(25(3)4)23-30(45-47(11,12)36(6,7)8)33-37-27(24-46-33)35(43)44-10/h1,24-26,28-31H,14-23H2,2-12H3,(H,38,41)/t26?,28-,29?,30?,31?/m1/s1. The Kier molecular flexibility index (Phi) is 16.1. The van der Waals surface area contributed by atoms with Gasteiger partial charge in [-0.3, -0.25) is 14.5 Å². The maximum Gasteiger partial charge on any atom is 0.357 e. The van der Waals surface area contributed by atoms with Crippen molar-refractivity contribution in [2.45, 2.75) is 142 Å². The molecule has 1 saturated heterocycles. The van der Waals surface area contributed by atoms with Crippen molar-refractivity contribution in [3.63, 3.8) is 0 Å². The number of nitrogens with one attached hydrogen (secondary N) is 1. The molecule has 1 aromatic heterocycles. The Morgan fingerprint density at radius 2 is 1.89 bits per heavy atom. The van der Waals surface area contributed by atoms with Crippen molar-refractivity contribution in [1.82, 2.24) is 20.1 Å². The minimum Gasteiger partial charge on any atom is -0.464 e. The van der Waals surface area contributed by atoms with Crippen LogP contribution in [-0.2, 0) is 18.8 Å². The molecule has 1 N–H and O–H groups in total. The van der Waals surface area contributed by atoms with Gasteiger partial charge in [0.15, 0.2) is 14.0 Å². The van der Waals surface area contributed by atoms with Gasteiger partial charge < -0.3 is 19.4 Å². The van der Waals surface area contributed by atoms with E-state index in [4.69, 9.17) is 15.6 Å². The number of ether oxygens (including phenoxy) is 1. The molecule has 0 bridgehead atoms. The Morgan fingerprint density at radius 1 is 1.21 bits per heavy atom. The molecule has 0 spiro atoms. The molecule has 1 aliphatic heterocycles. The lowest BCUT2D eigenvalue weighted by atomic mass is 9.91. The molecule has 0 aromatic carbocycles. The second-order valence-corrected chi connectivity index (χ2v) is 20.7. The first kappa shape index (κ1) is 40.9. The molecule has 2 amide bonds. The number of likely N-dealkylation sites (tertiary alicyclic amines) is 1. The van der Waals surface area contributed by atoms with Crippen LogP contribution in [0.3, 0.4) is 0 Å². The fourth-order valence-electron chi connectivity index (χ4n) is 5.81. The number of methoxy groups -OCH3 is 1. The van der Waals surface area contributed by atoms with E-state index in [0.29, 0.717) is 24.4 Å². The average Bonchev–Trinajstić information content (AvgIpc) is 3.51. The first-order valence-electron chi connectivity index (χ1n) is 17.4. The number of piperidine rings is 1. The summed E-state index contributed by atoms with van der Waals surface area (Å²) in [4.78, 5) is 49.6. The highest BCUT2D eigenvalue weighted by atomic mass is 32.1. The predicted molar refractivity (Wildman–Crippen MR) is 194 cm³/mol. The van der Waals surface area contributed by atoms with Crippen molar-refractivity contribution < 1.29 is 23.5 Å². The van der Waals surface area contributed by atoms with E-state index in [1.165, 1.54) is 18.4 Å². The first-order valence-corrected chi connectivity index (χ1v) is 21.2. The highest BCUT2D eigenvalue weighted by Crippen LogP contribution is 2.42. The molecular formula is C36H62N4O5SSi. The number of amides is 2. The fourth-order valence-corrected chi connectivity index (χ4v) is 8.00. The Bertz CT molecular complexity index is 1210. The molecule has 1 fully saturated rings. The summed E-state index contributed by atoms with van der Waals surface area (Å²) >= 11 is 1.39. The summed E-state index contributed by atoms with van der Waals surface area (Å²) in [6.07, 6.45) is 11.5. The van der Waals surface area contributed by atoms with Gasteiger partial charge in [-0.2, -0.15) is 0 Å². The first-order chi connectivity index (χ1) is 22.0. The van der Waals surface area contributed by atoms with Crippen LogP contribution in [0.2, 0.25) is 18.1 Å². The highest BCUT2D eigenvalue weighted by molar-refractivity contribution is 7.09. The SMILES string of the molecule is C#CCCCCN(C(=O)C(NC(=O)[C@H]1CCCCN1C)C(C)CC)C(CC(O[Si](C)(C)C(C)(C)C)c1nc(C(=O)OC)cs1)C(C)C. The van der Waals surface area contributed by atoms with Gasteiger partial charge in [0.1, 0.15) is 11.0 Å². The average molecular weight is 691 g/mol. The minimum atomic E-state index is -2.31. The zero-order valence-corrected chi connectivity index (χ0v) is 32.8. The molecule has 4 unspecified atom stereocenters. The fraction of sp³-hybridized carbons (Fsp3) is 0.778. The number of nitrogens with zero attached hydrogens (tertiary/aromatic N) is 3. The van der Waals surface area contributed by atoms with E-state index in [-0.39, 0.29) is 46.5 Å². The van der Waals surface area contributed by atoms with Gasteiger partial charge in [0.2, 0.25) is 11.8 Å².